The number of rotatable bonds is 12. The minimum absolute atomic E-state index is 0.119. The van der Waals surface area contributed by atoms with Crippen LogP contribution >= 0.6 is 22.9 Å². The Bertz CT molecular complexity index is 1010. The molecule has 2 amide bonds. The van der Waals surface area contributed by atoms with Crippen molar-refractivity contribution in [2.24, 2.45) is 0 Å². The Kier molecular flexibility index (Phi) is 8.40. The van der Waals surface area contributed by atoms with Gasteiger partial charge in [-0.1, -0.05) is 30.7 Å². The molecule has 1 aliphatic carbocycles. The molecule has 1 unspecified atom stereocenters. The molecule has 1 saturated carbocycles. The van der Waals surface area contributed by atoms with Gasteiger partial charge in [-0.3, -0.25) is 13.8 Å². The average Bonchev–Trinajstić information content (AvgIpc) is 3.50. The van der Waals surface area contributed by atoms with Crippen molar-refractivity contribution in [1.29, 1.82) is 0 Å². The maximum atomic E-state index is 13.2. The van der Waals surface area contributed by atoms with E-state index >= 15 is 0 Å². The SMILES string of the molecule is CCC(C)(C)S(=O)C1(CN(C=O)CCc2c(C(=O)NCc3ccc(Cl)cc3)csc2C)CC1. The molecular weight excluding hydrogens is 476 g/mol. The Hall–Kier alpha value is -1.70. The number of carbonyl (C=O) groups is 2. The van der Waals surface area contributed by atoms with E-state index in [4.69, 9.17) is 11.6 Å². The zero-order valence-corrected chi connectivity index (χ0v) is 22.2. The van der Waals surface area contributed by atoms with Crippen LogP contribution in [0.4, 0.5) is 0 Å². The lowest BCUT2D eigenvalue weighted by Gasteiger charge is -2.31. The Morgan fingerprint density at radius 3 is 2.55 bits per heavy atom. The summed E-state index contributed by atoms with van der Waals surface area (Å²) in [5.74, 6) is -0.119. The van der Waals surface area contributed by atoms with Gasteiger partial charge in [0.25, 0.3) is 5.91 Å². The number of nitrogens with one attached hydrogen (secondary N) is 1. The summed E-state index contributed by atoms with van der Waals surface area (Å²) in [4.78, 5) is 27.5. The van der Waals surface area contributed by atoms with E-state index in [1.54, 1.807) is 28.4 Å². The highest BCUT2D eigenvalue weighted by atomic mass is 35.5. The van der Waals surface area contributed by atoms with Gasteiger partial charge in [-0.25, -0.2) is 0 Å². The first kappa shape index (κ1) is 25.9. The fourth-order valence-electron chi connectivity index (χ4n) is 3.91. The molecule has 33 heavy (non-hydrogen) atoms. The van der Waals surface area contributed by atoms with Gasteiger partial charge in [0.2, 0.25) is 6.41 Å². The normalized spacial score (nSPS) is 15.7. The molecule has 0 bridgehead atoms. The lowest BCUT2D eigenvalue weighted by atomic mass is 10.1. The van der Waals surface area contributed by atoms with Crippen molar-refractivity contribution in [3.05, 3.63) is 56.2 Å². The van der Waals surface area contributed by atoms with Crippen LogP contribution in [0.2, 0.25) is 5.02 Å². The van der Waals surface area contributed by atoms with E-state index in [1.807, 2.05) is 38.3 Å². The Balaban J connectivity index is 1.62. The second-order valence-corrected chi connectivity index (χ2v) is 13.4. The first-order chi connectivity index (χ1) is 15.6. The van der Waals surface area contributed by atoms with E-state index in [9.17, 15) is 13.8 Å². The van der Waals surface area contributed by atoms with Gasteiger partial charge in [0.15, 0.2) is 0 Å². The fraction of sp³-hybridized carbons (Fsp3) is 0.520. The van der Waals surface area contributed by atoms with Gasteiger partial charge in [0.1, 0.15) is 0 Å². The van der Waals surface area contributed by atoms with Crippen LogP contribution in [0, 0.1) is 6.92 Å². The van der Waals surface area contributed by atoms with Crippen molar-refractivity contribution < 1.29 is 13.8 Å². The van der Waals surface area contributed by atoms with Crippen molar-refractivity contribution in [2.75, 3.05) is 13.1 Å². The second kappa shape index (κ2) is 10.7. The third-order valence-corrected chi connectivity index (χ3v) is 10.4. The van der Waals surface area contributed by atoms with Gasteiger partial charge < -0.3 is 10.2 Å². The zero-order chi connectivity index (χ0) is 24.2. The molecule has 1 heterocycles. The predicted octanol–water partition coefficient (Wildman–Crippen LogP) is 5.11. The van der Waals surface area contributed by atoms with Crippen LogP contribution in [0.3, 0.4) is 0 Å². The molecule has 1 aliphatic rings. The first-order valence-electron chi connectivity index (χ1n) is 11.3. The van der Waals surface area contributed by atoms with Crippen LogP contribution in [-0.4, -0.2) is 44.0 Å². The van der Waals surface area contributed by atoms with E-state index in [2.05, 4.69) is 12.2 Å². The number of nitrogens with zero attached hydrogens (tertiary/aromatic N) is 1. The smallest absolute Gasteiger partial charge is 0.252 e. The predicted molar refractivity (Wildman–Crippen MR) is 137 cm³/mol. The van der Waals surface area contributed by atoms with E-state index < -0.39 is 10.8 Å². The van der Waals surface area contributed by atoms with Crippen molar-refractivity contribution in [1.82, 2.24) is 10.2 Å². The molecule has 0 saturated heterocycles. The second-order valence-electron chi connectivity index (χ2n) is 9.38. The fourth-order valence-corrected chi connectivity index (χ4v) is 7.13. The highest BCUT2D eigenvalue weighted by Gasteiger charge is 2.53. The molecule has 1 N–H and O–H groups in total. The standard InChI is InChI=1S/C25H33ClN2O3S2/c1-5-24(3,4)33(31)25(11-12-25)16-28(17-29)13-10-21-18(2)32-15-22(21)23(30)27-14-19-6-8-20(26)9-7-19/h6-9,15,17H,5,10-14,16H2,1-4H3,(H,27,30). The van der Waals surface area contributed by atoms with Gasteiger partial charge in [-0.2, -0.15) is 0 Å². The molecule has 8 heteroatoms. The highest BCUT2D eigenvalue weighted by Crippen LogP contribution is 2.46. The van der Waals surface area contributed by atoms with Crippen molar-refractivity contribution in [3.63, 3.8) is 0 Å². The quantitative estimate of drug-likeness (QED) is 0.405. The number of hydrogen-bond acceptors (Lipinski definition) is 4. The summed E-state index contributed by atoms with van der Waals surface area (Å²) in [5, 5.41) is 5.52. The maximum Gasteiger partial charge on any atom is 0.252 e. The highest BCUT2D eigenvalue weighted by molar-refractivity contribution is 7.88. The number of aryl methyl sites for hydroxylation is 1. The van der Waals surface area contributed by atoms with Crippen LogP contribution in [0.5, 0.6) is 0 Å². The minimum Gasteiger partial charge on any atom is -0.348 e. The molecule has 1 atom stereocenters. The van der Waals surface area contributed by atoms with Gasteiger partial charge in [0.05, 0.1) is 10.3 Å². The summed E-state index contributed by atoms with van der Waals surface area (Å²) in [6.45, 7) is 9.58. The minimum atomic E-state index is -1.00. The van der Waals surface area contributed by atoms with Crippen molar-refractivity contribution >= 4 is 46.1 Å². The molecule has 0 spiro atoms. The Morgan fingerprint density at radius 1 is 1.30 bits per heavy atom. The van der Waals surface area contributed by atoms with Gasteiger partial charge >= 0.3 is 0 Å². The summed E-state index contributed by atoms with van der Waals surface area (Å²) < 4.78 is 12.6. The summed E-state index contributed by atoms with van der Waals surface area (Å²) in [6.07, 6.45) is 4.08. The molecule has 0 radical (unpaired) electrons. The monoisotopic (exact) mass is 508 g/mol. The van der Waals surface area contributed by atoms with Crippen molar-refractivity contribution in [2.45, 2.75) is 69.4 Å². The molecule has 0 aliphatic heterocycles. The third-order valence-electron chi connectivity index (χ3n) is 6.56. The van der Waals surface area contributed by atoms with Crippen molar-refractivity contribution in [3.8, 4) is 0 Å². The van der Waals surface area contributed by atoms with Crippen LogP contribution in [0.25, 0.3) is 0 Å². The molecule has 2 aromatic rings. The lowest BCUT2D eigenvalue weighted by molar-refractivity contribution is -0.118. The molecule has 180 valence electrons. The topological polar surface area (TPSA) is 66.5 Å². The van der Waals surface area contributed by atoms with E-state index in [0.29, 0.717) is 36.6 Å². The average molecular weight is 509 g/mol. The van der Waals surface area contributed by atoms with Crippen LogP contribution in [0.1, 0.15) is 66.4 Å². The van der Waals surface area contributed by atoms with Crippen LogP contribution in [-0.2, 0) is 28.6 Å². The Morgan fingerprint density at radius 2 is 1.97 bits per heavy atom. The summed E-state index contributed by atoms with van der Waals surface area (Å²) >= 11 is 7.47. The van der Waals surface area contributed by atoms with E-state index in [-0.39, 0.29) is 15.4 Å². The van der Waals surface area contributed by atoms with E-state index in [1.165, 1.54) is 0 Å². The largest absolute Gasteiger partial charge is 0.348 e. The summed E-state index contributed by atoms with van der Waals surface area (Å²) in [5.41, 5.74) is 2.61. The van der Waals surface area contributed by atoms with E-state index in [0.717, 1.165) is 41.7 Å². The van der Waals surface area contributed by atoms with Crippen LogP contribution in [0.15, 0.2) is 29.6 Å². The molecular formula is C25H33ClN2O3S2. The summed E-state index contributed by atoms with van der Waals surface area (Å²) in [6, 6.07) is 7.39. The zero-order valence-electron chi connectivity index (χ0n) is 19.8. The number of amides is 2. The van der Waals surface area contributed by atoms with Crippen LogP contribution < -0.4 is 5.32 Å². The molecule has 1 fully saturated rings. The molecule has 3 rings (SSSR count). The molecule has 1 aromatic heterocycles. The number of hydrogen-bond donors (Lipinski definition) is 1. The maximum absolute atomic E-state index is 13.2. The number of halogens is 1. The molecule has 1 aromatic carbocycles. The first-order valence-corrected chi connectivity index (χ1v) is 13.7. The number of thiophene rings is 1. The van der Waals surface area contributed by atoms with Gasteiger partial charge in [0, 0.05) is 50.5 Å². The lowest BCUT2D eigenvalue weighted by Crippen LogP contribution is -2.43. The number of benzene rings is 1. The summed E-state index contributed by atoms with van der Waals surface area (Å²) in [7, 11) is -1.00. The van der Waals surface area contributed by atoms with Gasteiger partial charge in [-0.15, -0.1) is 11.3 Å². The number of carbonyl (C=O) groups excluding carboxylic acids is 2. The third kappa shape index (κ3) is 6.25. The Labute approximate surface area is 208 Å². The molecule has 5 nitrogen and oxygen atoms in total. The van der Waals surface area contributed by atoms with Gasteiger partial charge in [-0.05, 0) is 69.7 Å².